The van der Waals surface area contributed by atoms with Crippen LogP contribution in [-0.4, -0.2) is 18.5 Å². The molecule has 0 spiro atoms. The van der Waals surface area contributed by atoms with Crippen LogP contribution in [0.4, 0.5) is 5.69 Å². The van der Waals surface area contributed by atoms with Crippen LogP contribution in [0.1, 0.15) is 11.1 Å². The topological polar surface area (TPSA) is 59.6 Å². The van der Waals surface area contributed by atoms with Crippen LogP contribution in [0.25, 0.3) is 16.8 Å². The van der Waals surface area contributed by atoms with Gasteiger partial charge < -0.3 is 20.1 Å². The summed E-state index contributed by atoms with van der Waals surface area (Å²) >= 11 is 11.1. The number of halogens is 2. The smallest absolute Gasteiger partial charge is 0.260 e. The van der Waals surface area contributed by atoms with Crippen molar-refractivity contribution in [2.24, 2.45) is 0 Å². The van der Waals surface area contributed by atoms with Crippen LogP contribution in [0.5, 0.6) is 11.5 Å². The first-order valence-corrected chi connectivity index (χ1v) is 13.2. The molecule has 0 aromatic heterocycles. The Balaban J connectivity index is 1.27. The Morgan fingerprint density at radius 1 is 1.06 bits per heavy atom. The van der Waals surface area contributed by atoms with Crippen molar-refractivity contribution in [3.63, 3.8) is 0 Å². The van der Waals surface area contributed by atoms with Gasteiger partial charge in [0.25, 0.3) is 5.91 Å². The van der Waals surface area contributed by atoms with E-state index in [-0.39, 0.29) is 11.4 Å². The van der Waals surface area contributed by atoms with Gasteiger partial charge in [0.2, 0.25) is 0 Å². The molecule has 1 amide bonds. The molecule has 1 saturated heterocycles. The number of carbonyl (C=O) groups is 1. The number of thioether (sulfide) groups is 1. The normalized spacial score (nSPS) is 16.2. The number of methoxy groups -OCH3 is 1. The predicted octanol–water partition coefficient (Wildman–Crippen LogP) is 7.44. The van der Waals surface area contributed by atoms with Gasteiger partial charge in [0.05, 0.1) is 22.2 Å². The summed E-state index contributed by atoms with van der Waals surface area (Å²) < 4.78 is 12.3. The van der Waals surface area contributed by atoms with E-state index in [4.69, 9.17) is 21.1 Å². The van der Waals surface area contributed by atoms with Crippen molar-refractivity contribution in [3.05, 3.63) is 104 Å². The molecule has 5 nitrogen and oxygen atoms in total. The average molecular weight is 582 g/mol. The highest BCUT2D eigenvalue weighted by Gasteiger charge is 2.28. The second kappa shape index (κ2) is 10.9. The Labute approximate surface area is 227 Å². The van der Waals surface area contributed by atoms with Crippen molar-refractivity contribution in [3.8, 4) is 11.5 Å². The molecule has 0 saturated carbocycles. The minimum atomic E-state index is -0.345. The number of hydrogen-bond donors (Lipinski definition) is 2. The standard InChI is InChI=1S/C28H22BrClN2O3S/c1-34-25-12-10-20(30)15-23(25)31-28-32-27(33)26(36-28)14-17-9-11-24(22(29)13-17)35-16-19-7-4-6-18-5-2-3-8-21(18)19/h2-15,28,31H,16H2,1H3,(H,32,33)/b26-14-. The number of anilines is 1. The first-order chi connectivity index (χ1) is 17.5. The average Bonchev–Trinajstić information content (AvgIpc) is 3.21. The maximum atomic E-state index is 12.6. The Hall–Kier alpha value is -3.13. The summed E-state index contributed by atoms with van der Waals surface area (Å²) in [6.07, 6.45) is 1.86. The summed E-state index contributed by atoms with van der Waals surface area (Å²) in [6.45, 7) is 0.457. The number of hydrogen-bond acceptors (Lipinski definition) is 5. The summed E-state index contributed by atoms with van der Waals surface area (Å²) in [5.41, 5.74) is 2.38. The van der Waals surface area contributed by atoms with E-state index in [2.05, 4.69) is 50.8 Å². The summed E-state index contributed by atoms with van der Waals surface area (Å²) in [6, 6.07) is 25.6. The Morgan fingerprint density at radius 2 is 1.86 bits per heavy atom. The van der Waals surface area contributed by atoms with Crippen molar-refractivity contribution in [2.75, 3.05) is 12.4 Å². The van der Waals surface area contributed by atoms with Gasteiger partial charge in [-0.25, -0.2) is 0 Å². The molecule has 1 atom stereocenters. The van der Waals surface area contributed by atoms with Crippen LogP contribution >= 0.6 is 39.3 Å². The third-order valence-electron chi connectivity index (χ3n) is 5.70. The van der Waals surface area contributed by atoms with Crippen LogP contribution in [0.15, 0.2) is 88.2 Å². The van der Waals surface area contributed by atoms with Crippen molar-refractivity contribution < 1.29 is 14.3 Å². The van der Waals surface area contributed by atoms with E-state index in [1.54, 1.807) is 25.3 Å². The number of rotatable bonds is 7. The fraction of sp³-hybridized carbons (Fsp3) is 0.107. The molecule has 182 valence electrons. The highest BCUT2D eigenvalue weighted by atomic mass is 79.9. The molecule has 1 fully saturated rings. The number of nitrogens with one attached hydrogen (secondary N) is 2. The van der Waals surface area contributed by atoms with Gasteiger partial charge in [-0.2, -0.15) is 0 Å². The quantitative estimate of drug-likeness (QED) is 0.222. The first kappa shape index (κ1) is 24.6. The molecule has 8 heteroatoms. The lowest BCUT2D eigenvalue weighted by molar-refractivity contribution is -0.116. The second-order valence-corrected chi connectivity index (χ2v) is 10.5. The van der Waals surface area contributed by atoms with Gasteiger partial charge in [0, 0.05) is 5.02 Å². The number of benzene rings is 4. The van der Waals surface area contributed by atoms with Crippen molar-refractivity contribution in [1.82, 2.24) is 5.32 Å². The number of ether oxygens (including phenoxy) is 2. The molecule has 1 heterocycles. The van der Waals surface area contributed by atoms with E-state index >= 15 is 0 Å². The molecule has 1 aliphatic rings. The Bertz CT molecular complexity index is 1470. The van der Waals surface area contributed by atoms with E-state index in [9.17, 15) is 4.79 Å². The van der Waals surface area contributed by atoms with Crippen LogP contribution in [0, 0.1) is 0 Å². The van der Waals surface area contributed by atoms with Crippen molar-refractivity contribution in [1.29, 1.82) is 0 Å². The largest absolute Gasteiger partial charge is 0.495 e. The van der Waals surface area contributed by atoms with E-state index in [1.807, 2.05) is 42.5 Å². The van der Waals surface area contributed by atoms with Gasteiger partial charge in [-0.3, -0.25) is 4.79 Å². The first-order valence-electron chi connectivity index (χ1n) is 11.2. The minimum Gasteiger partial charge on any atom is -0.495 e. The molecule has 0 bridgehead atoms. The number of amides is 1. The molecular formula is C28H22BrClN2O3S. The highest BCUT2D eigenvalue weighted by Crippen LogP contribution is 2.35. The van der Waals surface area contributed by atoms with E-state index in [0.29, 0.717) is 28.0 Å². The number of carbonyl (C=O) groups excluding carboxylic acids is 1. The van der Waals surface area contributed by atoms with Crippen molar-refractivity contribution >= 4 is 67.7 Å². The van der Waals surface area contributed by atoms with Crippen LogP contribution in [0.2, 0.25) is 5.02 Å². The summed E-state index contributed by atoms with van der Waals surface area (Å²) in [7, 11) is 1.59. The molecule has 0 aliphatic carbocycles. The molecule has 36 heavy (non-hydrogen) atoms. The molecule has 0 radical (unpaired) electrons. The molecular weight excluding hydrogens is 560 g/mol. The molecule has 1 aliphatic heterocycles. The zero-order valence-electron chi connectivity index (χ0n) is 19.3. The molecule has 2 N–H and O–H groups in total. The van der Waals surface area contributed by atoms with Gasteiger partial charge >= 0.3 is 0 Å². The van der Waals surface area contributed by atoms with Crippen LogP contribution in [-0.2, 0) is 11.4 Å². The lowest BCUT2D eigenvalue weighted by Gasteiger charge is -2.15. The van der Waals surface area contributed by atoms with Crippen LogP contribution < -0.4 is 20.1 Å². The third-order valence-corrected chi connectivity index (χ3v) is 7.58. The fourth-order valence-corrected chi connectivity index (χ4v) is 5.61. The molecule has 5 rings (SSSR count). The van der Waals surface area contributed by atoms with E-state index < -0.39 is 0 Å². The van der Waals surface area contributed by atoms with Crippen molar-refractivity contribution in [2.45, 2.75) is 12.1 Å². The zero-order valence-corrected chi connectivity index (χ0v) is 22.4. The summed E-state index contributed by atoms with van der Waals surface area (Å²) in [5.74, 6) is 1.24. The summed E-state index contributed by atoms with van der Waals surface area (Å²) in [4.78, 5) is 13.2. The zero-order chi connectivity index (χ0) is 25.1. The lowest BCUT2D eigenvalue weighted by Crippen LogP contribution is -2.31. The highest BCUT2D eigenvalue weighted by molar-refractivity contribution is 9.10. The minimum absolute atomic E-state index is 0.147. The fourth-order valence-electron chi connectivity index (χ4n) is 3.95. The second-order valence-electron chi connectivity index (χ2n) is 8.09. The van der Waals surface area contributed by atoms with Crippen LogP contribution in [0.3, 0.4) is 0 Å². The molecule has 4 aromatic carbocycles. The van der Waals surface area contributed by atoms with Gasteiger partial charge in [-0.1, -0.05) is 71.9 Å². The maximum Gasteiger partial charge on any atom is 0.260 e. The molecule has 4 aromatic rings. The van der Waals surface area contributed by atoms with Gasteiger partial charge in [0.15, 0.2) is 5.50 Å². The van der Waals surface area contributed by atoms with Gasteiger partial charge in [0.1, 0.15) is 18.1 Å². The monoisotopic (exact) mass is 580 g/mol. The Morgan fingerprint density at radius 3 is 2.69 bits per heavy atom. The lowest BCUT2D eigenvalue weighted by atomic mass is 10.1. The SMILES string of the molecule is COc1ccc(Cl)cc1NC1NC(=O)/C(=C/c2ccc(OCc3cccc4ccccc34)c(Br)c2)S1. The number of fused-ring (bicyclic) bond motifs is 1. The predicted molar refractivity (Wildman–Crippen MR) is 152 cm³/mol. The maximum absolute atomic E-state index is 12.6. The Kier molecular flexibility index (Phi) is 7.41. The third kappa shape index (κ3) is 5.48. The summed E-state index contributed by atoms with van der Waals surface area (Å²) in [5, 5.41) is 9.15. The van der Waals surface area contributed by atoms with Gasteiger partial charge in [-0.05, 0) is 74.2 Å². The van der Waals surface area contributed by atoms with E-state index in [0.717, 1.165) is 21.3 Å². The van der Waals surface area contributed by atoms with E-state index in [1.165, 1.54) is 22.5 Å². The van der Waals surface area contributed by atoms with Gasteiger partial charge in [-0.15, -0.1) is 0 Å². The molecule has 1 unspecified atom stereocenters.